The smallest absolute Gasteiger partial charge is 0.183 e. The van der Waals surface area contributed by atoms with Crippen LogP contribution in [-0.4, -0.2) is 22.7 Å². The van der Waals surface area contributed by atoms with E-state index in [9.17, 15) is 9.90 Å². The standard InChI is InChI=1S/C13H15NO2S/c1-3-7-17-12-8-9(5-6-11(12)15)13(16)10(14)4-2/h3-6,8,10,15H,1-2,7,14H2. The molecule has 1 atom stereocenters. The molecule has 0 aliphatic rings. The SMILES string of the molecule is C=CCSc1cc(C(=O)C(N)C=C)ccc1O. The first-order chi connectivity index (χ1) is 8.10. The van der Waals surface area contributed by atoms with Gasteiger partial charge in [0, 0.05) is 11.3 Å². The van der Waals surface area contributed by atoms with Gasteiger partial charge in [-0.3, -0.25) is 4.79 Å². The van der Waals surface area contributed by atoms with Crippen molar-refractivity contribution in [2.24, 2.45) is 5.73 Å². The first-order valence-electron chi connectivity index (χ1n) is 5.09. The van der Waals surface area contributed by atoms with Crippen LogP contribution in [0.15, 0.2) is 48.4 Å². The van der Waals surface area contributed by atoms with Gasteiger partial charge in [-0.05, 0) is 18.2 Å². The van der Waals surface area contributed by atoms with E-state index >= 15 is 0 Å². The van der Waals surface area contributed by atoms with Gasteiger partial charge in [-0.25, -0.2) is 0 Å². The Balaban J connectivity index is 2.98. The molecule has 0 aliphatic heterocycles. The second-order valence-corrected chi connectivity index (χ2v) is 4.47. The van der Waals surface area contributed by atoms with Crippen molar-refractivity contribution in [1.29, 1.82) is 0 Å². The molecule has 90 valence electrons. The van der Waals surface area contributed by atoms with Crippen LogP contribution in [0.1, 0.15) is 10.4 Å². The van der Waals surface area contributed by atoms with Crippen molar-refractivity contribution in [3.8, 4) is 5.75 Å². The van der Waals surface area contributed by atoms with Crippen molar-refractivity contribution >= 4 is 17.5 Å². The third-order valence-corrected chi connectivity index (χ3v) is 3.20. The molecule has 0 aliphatic carbocycles. The summed E-state index contributed by atoms with van der Waals surface area (Å²) in [6.45, 7) is 7.08. The van der Waals surface area contributed by atoms with Gasteiger partial charge in [0.15, 0.2) is 5.78 Å². The second-order valence-electron chi connectivity index (χ2n) is 3.41. The number of hydrogen-bond acceptors (Lipinski definition) is 4. The summed E-state index contributed by atoms with van der Waals surface area (Å²) in [7, 11) is 0. The van der Waals surface area contributed by atoms with Gasteiger partial charge in [0.2, 0.25) is 0 Å². The number of carbonyl (C=O) groups is 1. The molecule has 0 saturated heterocycles. The van der Waals surface area contributed by atoms with Crippen LogP contribution in [0.25, 0.3) is 0 Å². The molecule has 0 spiro atoms. The number of aromatic hydroxyl groups is 1. The topological polar surface area (TPSA) is 63.3 Å². The van der Waals surface area contributed by atoms with Crippen molar-refractivity contribution in [3.63, 3.8) is 0 Å². The minimum atomic E-state index is -0.711. The van der Waals surface area contributed by atoms with Gasteiger partial charge >= 0.3 is 0 Å². The van der Waals surface area contributed by atoms with E-state index in [1.807, 2.05) is 0 Å². The second kappa shape index (κ2) is 6.27. The first-order valence-corrected chi connectivity index (χ1v) is 6.07. The summed E-state index contributed by atoms with van der Waals surface area (Å²) in [6.07, 6.45) is 3.12. The van der Waals surface area contributed by atoms with Crippen LogP contribution in [-0.2, 0) is 0 Å². The van der Waals surface area contributed by atoms with Crippen LogP contribution in [0, 0.1) is 0 Å². The van der Waals surface area contributed by atoms with Gasteiger partial charge in [0.25, 0.3) is 0 Å². The third kappa shape index (κ3) is 3.47. The van der Waals surface area contributed by atoms with E-state index in [2.05, 4.69) is 13.2 Å². The zero-order valence-corrected chi connectivity index (χ0v) is 10.2. The normalized spacial score (nSPS) is 11.8. The zero-order valence-electron chi connectivity index (χ0n) is 9.43. The van der Waals surface area contributed by atoms with Gasteiger partial charge in [0.1, 0.15) is 5.75 Å². The summed E-state index contributed by atoms with van der Waals surface area (Å²) < 4.78 is 0. The number of nitrogens with two attached hydrogens (primary N) is 1. The lowest BCUT2D eigenvalue weighted by molar-refractivity contribution is 0.0978. The average molecular weight is 249 g/mol. The van der Waals surface area contributed by atoms with Crippen LogP contribution >= 0.6 is 11.8 Å². The molecule has 1 aromatic carbocycles. The fourth-order valence-corrected chi connectivity index (χ4v) is 1.95. The van der Waals surface area contributed by atoms with Gasteiger partial charge in [0.05, 0.1) is 10.9 Å². The Hall–Kier alpha value is -1.52. The van der Waals surface area contributed by atoms with Crippen LogP contribution in [0.5, 0.6) is 5.75 Å². The molecule has 0 heterocycles. The highest BCUT2D eigenvalue weighted by Crippen LogP contribution is 2.29. The number of thioether (sulfide) groups is 1. The minimum Gasteiger partial charge on any atom is -0.507 e. The molecule has 1 aromatic rings. The quantitative estimate of drug-likeness (QED) is 0.461. The summed E-state index contributed by atoms with van der Waals surface area (Å²) >= 11 is 1.41. The highest BCUT2D eigenvalue weighted by molar-refractivity contribution is 7.99. The number of carbonyl (C=O) groups excluding carboxylic acids is 1. The van der Waals surface area contributed by atoms with Gasteiger partial charge in [-0.2, -0.15) is 0 Å². The highest BCUT2D eigenvalue weighted by Gasteiger charge is 2.14. The minimum absolute atomic E-state index is 0.153. The Kier molecular flexibility index (Phi) is 5.00. The predicted molar refractivity (Wildman–Crippen MR) is 71.5 cm³/mol. The number of benzene rings is 1. The molecular weight excluding hydrogens is 234 g/mol. The number of Topliss-reactive ketones (excluding diaryl/α,β-unsaturated/α-hetero) is 1. The van der Waals surface area contributed by atoms with Crippen molar-refractivity contribution in [3.05, 3.63) is 49.1 Å². The molecule has 3 N–H and O–H groups in total. The molecule has 0 radical (unpaired) electrons. The molecule has 1 unspecified atom stereocenters. The molecule has 0 fully saturated rings. The van der Waals surface area contributed by atoms with E-state index in [1.54, 1.807) is 18.2 Å². The number of hydrogen-bond donors (Lipinski definition) is 2. The van der Waals surface area contributed by atoms with Crippen LogP contribution in [0.4, 0.5) is 0 Å². The molecule has 0 aromatic heterocycles. The van der Waals surface area contributed by atoms with E-state index < -0.39 is 6.04 Å². The maximum Gasteiger partial charge on any atom is 0.183 e. The summed E-state index contributed by atoms with van der Waals surface area (Å²) in [4.78, 5) is 12.5. The third-order valence-electron chi connectivity index (χ3n) is 2.16. The Morgan fingerprint density at radius 3 is 2.82 bits per heavy atom. The van der Waals surface area contributed by atoms with E-state index in [0.717, 1.165) is 0 Å². The average Bonchev–Trinajstić information content (AvgIpc) is 2.36. The van der Waals surface area contributed by atoms with Crippen molar-refractivity contribution in [2.45, 2.75) is 10.9 Å². The number of phenolic OH excluding ortho intramolecular Hbond substituents is 1. The molecule has 3 nitrogen and oxygen atoms in total. The predicted octanol–water partition coefficient (Wildman–Crippen LogP) is 2.37. The molecule has 1 rings (SSSR count). The first kappa shape index (κ1) is 13.5. The van der Waals surface area contributed by atoms with E-state index in [-0.39, 0.29) is 11.5 Å². The monoisotopic (exact) mass is 249 g/mol. The maximum absolute atomic E-state index is 11.8. The van der Waals surface area contributed by atoms with E-state index in [1.165, 1.54) is 23.9 Å². The summed E-state index contributed by atoms with van der Waals surface area (Å²) in [6, 6.07) is 3.97. The molecule has 0 saturated carbocycles. The zero-order chi connectivity index (χ0) is 12.8. The Morgan fingerprint density at radius 1 is 1.53 bits per heavy atom. The maximum atomic E-state index is 11.8. The lowest BCUT2D eigenvalue weighted by Gasteiger charge is -2.08. The van der Waals surface area contributed by atoms with Gasteiger partial charge < -0.3 is 10.8 Å². The largest absolute Gasteiger partial charge is 0.507 e. The number of rotatable bonds is 6. The van der Waals surface area contributed by atoms with Gasteiger partial charge in [-0.15, -0.1) is 24.9 Å². The lowest BCUT2D eigenvalue weighted by Crippen LogP contribution is -2.27. The summed E-state index contributed by atoms with van der Waals surface area (Å²) in [5.74, 6) is 0.611. The molecule has 4 heteroatoms. The Morgan fingerprint density at radius 2 is 2.24 bits per heavy atom. The van der Waals surface area contributed by atoms with Crippen molar-refractivity contribution < 1.29 is 9.90 Å². The van der Waals surface area contributed by atoms with Crippen LogP contribution in [0.2, 0.25) is 0 Å². The lowest BCUT2D eigenvalue weighted by atomic mass is 10.1. The van der Waals surface area contributed by atoms with Crippen LogP contribution < -0.4 is 5.73 Å². The Labute approximate surface area is 105 Å². The fourth-order valence-electron chi connectivity index (χ4n) is 1.23. The van der Waals surface area contributed by atoms with E-state index in [0.29, 0.717) is 16.2 Å². The van der Waals surface area contributed by atoms with E-state index in [4.69, 9.17) is 5.73 Å². The number of ketones is 1. The fraction of sp³-hybridized carbons (Fsp3) is 0.154. The van der Waals surface area contributed by atoms with Crippen LogP contribution in [0.3, 0.4) is 0 Å². The highest BCUT2D eigenvalue weighted by atomic mass is 32.2. The summed E-state index contributed by atoms with van der Waals surface area (Å²) in [5, 5.41) is 9.62. The summed E-state index contributed by atoms with van der Waals surface area (Å²) in [5.41, 5.74) is 6.06. The van der Waals surface area contributed by atoms with Crippen molar-refractivity contribution in [2.75, 3.05) is 5.75 Å². The number of phenols is 1. The molecular formula is C13H15NO2S. The molecule has 0 amide bonds. The molecule has 0 bridgehead atoms. The van der Waals surface area contributed by atoms with Crippen molar-refractivity contribution in [1.82, 2.24) is 0 Å². The van der Waals surface area contributed by atoms with Gasteiger partial charge in [-0.1, -0.05) is 12.2 Å². The Bertz CT molecular complexity index is 443. The molecule has 17 heavy (non-hydrogen) atoms.